The second-order valence-electron chi connectivity index (χ2n) is 4.25. The van der Waals surface area contributed by atoms with Crippen LogP contribution in [0, 0.1) is 17.0 Å². The van der Waals surface area contributed by atoms with Gasteiger partial charge in [0.1, 0.15) is 0 Å². The molecule has 1 amide bonds. The van der Waals surface area contributed by atoms with Gasteiger partial charge < -0.3 is 0 Å². The minimum absolute atomic E-state index is 0.0897. The number of carbonyl (C=O) groups is 1. The third kappa shape index (κ3) is 3.39. The maximum atomic E-state index is 12.4. The Morgan fingerprint density at radius 1 is 1.41 bits per heavy atom. The number of aryl methyl sites for hydroxylation is 1. The number of hydrogen-bond acceptors (Lipinski definition) is 5. The van der Waals surface area contributed by atoms with Crippen molar-refractivity contribution < 1.29 is 22.9 Å². The van der Waals surface area contributed by atoms with E-state index in [-0.39, 0.29) is 21.9 Å². The number of aromatic nitrogens is 1. The molecule has 0 aliphatic heterocycles. The number of hydrogen-bond donors (Lipinski definition) is 1. The van der Waals surface area contributed by atoms with Crippen LogP contribution in [-0.2, 0) is 6.18 Å². The molecule has 0 saturated carbocycles. The van der Waals surface area contributed by atoms with Crippen molar-refractivity contribution in [3.63, 3.8) is 0 Å². The highest BCUT2D eigenvalue weighted by atomic mass is 32.1. The summed E-state index contributed by atoms with van der Waals surface area (Å²) < 4.78 is 37.2. The van der Waals surface area contributed by atoms with Crippen LogP contribution in [0.1, 0.15) is 21.6 Å². The molecule has 2 aromatic rings. The van der Waals surface area contributed by atoms with Gasteiger partial charge in [0.05, 0.1) is 4.92 Å². The Kier molecular flexibility index (Phi) is 4.13. The van der Waals surface area contributed by atoms with Crippen molar-refractivity contribution in [3.05, 3.63) is 50.5 Å². The van der Waals surface area contributed by atoms with E-state index in [1.54, 1.807) is 0 Å². The minimum atomic E-state index is -4.58. The quantitative estimate of drug-likeness (QED) is 0.687. The Hall–Kier alpha value is -2.49. The number of anilines is 1. The standard InChI is InChI=1S/C12H8F3N3O3S/c1-6-4-7(2-3-8(6)18(20)21)10(19)17-11-16-9(5-22-11)12(13,14)15/h2-5H,1H3,(H,16,17,19). The lowest BCUT2D eigenvalue weighted by molar-refractivity contribution is -0.385. The van der Waals surface area contributed by atoms with Crippen molar-refractivity contribution in [2.45, 2.75) is 13.1 Å². The fourth-order valence-electron chi connectivity index (χ4n) is 1.63. The van der Waals surface area contributed by atoms with E-state index in [1.165, 1.54) is 19.1 Å². The molecular formula is C12H8F3N3O3S. The summed E-state index contributed by atoms with van der Waals surface area (Å²) >= 11 is 0.640. The highest BCUT2D eigenvalue weighted by molar-refractivity contribution is 7.14. The van der Waals surface area contributed by atoms with E-state index in [2.05, 4.69) is 10.3 Å². The van der Waals surface area contributed by atoms with Gasteiger partial charge in [-0.25, -0.2) is 4.98 Å². The molecule has 22 heavy (non-hydrogen) atoms. The van der Waals surface area contributed by atoms with Gasteiger partial charge in [0, 0.05) is 22.6 Å². The molecule has 0 spiro atoms. The number of benzene rings is 1. The third-order valence-electron chi connectivity index (χ3n) is 2.67. The number of amides is 1. The summed E-state index contributed by atoms with van der Waals surface area (Å²) in [4.78, 5) is 25.3. The van der Waals surface area contributed by atoms with Crippen LogP contribution in [0.3, 0.4) is 0 Å². The first kappa shape index (κ1) is 15.9. The molecule has 1 aromatic heterocycles. The highest BCUT2D eigenvalue weighted by Crippen LogP contribution is 2.31. The zero-order chi connectivity index (χ0) is 16.5. The van der Waals surface area contributed by atoms with Crippen LogP contribution in [0.4, 0.5) is 24.0 Å². The van der Waals surface area contributed by atoms with E-state index >= 15 is 0 Å². The first-order valence-electron chi connectivity index (χ1n) is 5.77. The van der Waals surface area contributed by atoms with Crippen molar-refractivity contribution in [3.8, 4) is 0 Å². The molecule has 0 aliphatic rings. The van der Waals surface area contributed by atoms with E-state index in [0.29, 0.717) is 11.3 Å². The van der Waals surface area contributed by atoms with E-state index in [1.807, 2.05) is 0 Å². The molecule has 0 bridgehead atoms. The van der Waals surface area contributed by atoms with Gasteiger partial charge in [-0.3, -0.25) is 20.2 Å². The minimum Gasteiger partial charge on any atom is -0.298 e. The summed E-state index contributed by atoms with van der Waals surface area (Å²) in [5.74, 6) is -0.693. The molecule has 0 radical (unpaired) electrons. The number of rotatable bonds is 3. The van der Waals surface area contributed by atoms with Gasteiger partial charge in [-0.1, -0.05) is 0 Å². The molecule has 1 heterocycles. The molecule has 116 valence electrons. The zero-order valence-electron chi connectivity index (χ0n) is 11.0. The van der Waals surface area contributed by atoms with Crippen LogP contribution >= 0.6 is 11.3 Å². The third-order valence-corrected chi connectivity index (χ3v) is 3.43. The van der Waals surface area contributed by atoms with Crippen LogP contribution in [0.2, 0.25) is 0 Å². The first-order valence-corrected chi connectivity index (χ1v) is 6.65. The molecule has 0 unspecified atom stereocenters. The van der Waals surface area contributed by atoms with Gasteiger partial charge >= 0.3 is 6.18 Å². The Balaban J connectivity index is 2.17. The van der Waals surface area contributed by atoms with Crippen LogP contribution < -0.4 is 5.32 Å². The average molecular weight is 331 g/mol. The van der Waals surface area contributed by atoms with Crippen molar-refractivity contribution >= 4 is 28.1 Å². The van der Waals surface area contributed by atoms with Gasteiger partial charge in [0.25, 0.3) is 11.6 Å². The van der Waals surface area contributed by atoms with Gasteiger partial charge in [0.2, 0.25) is 0 Å². The number of nitro benzene ring substituents is 1. The average Bonchev–Trinajstić information content (AvgIpc) is 2.86. The van der Waals surface area contributed by atoms with Gasteiger partial charge in [-0.15, -0.1) is 11.3 Å². The second-order valence-corrected chi connectivity index (χ2v) is 5.11. The molecule has 1 aromatic carbocycles. The van der Waals surface area contributed by atoms with Gasteiger partial charge in [-0.05, 0) is 19.1 Å². The first-order chi connectivity index (χ1) is 10.2. The van der Waals surface area contributed by atoms with E-state index < -0.39 is 22.7 Å². The van der Waals surface area contributed by atoms with Gasteiger partial charge in [0.15, 0.2) is 10.8 Å². The number of carbonyl (C=O) groups excluding carboxylic acids is 1. The summed E-state index contributed by atoms with van der Waals surface area (Å²) in [5.41, 5.74) is -0.877. The number of nitro groups is 1. The Morgan fingerprint density at radius 2 is 2.09 bits per heavy atom. The molecule has 6 nitrogen and oxygen atoms in total. The van der Waals surface area contributed by atoms with Crippen molar-refractivity contribution in [1.29, 1.82) is 0 Å². The molecule has 0 aliphatic carbocycles. The smallest absolute Gasteiger partial charge is 0.298 e. The molecule has 2 rings (SSSR count). The van der Waals surface area contributed by atoms with Crippen molar-refractivity contribution in [1.82, 2.24) is 4.98 Å². The van der Waals surface area contributed by atoms with E-state index in [9.17, 15) is 28.1 Å². The predicted molar refractivity (Wildman–Crippen MR) is 72.9 cm³/mol. The normalized spacial score (nSPS) is 11.3. The van der Waals surface area contributed by atoms with Crippen LogP contribution in [0.25, 0.3) is 0 Å². The summed E-state index contributed by atoms with van der Waals surface area (Å²) in [5, 5.41) is 13.5. The predicted octanol–water partition coefficient (Wildman–Crippen LogP) is 3.63. The number of nitrogens with one attached hydrogen (secondary N) is 1. The maximum absolute atomic E-state index is 12.4. The Morgan fingerprint density at radius 3 is 2.59 bits per heavy atom. The lowest BCUT2D eigenvalue weighted by Gasteiger charge is -2.04. The topological polar surface area (TPSA) is 85.1 Å². The molecule has 0 fully saturated rings. The zero-order valence-corrected chi connectivity index (χ0v) is 11.8. The second kappa shape index (κ2) is 5.72. The summed E-state index contributed by atoms with van der Waals surface area (Å²) in [6.45, 7) is 1.46. The number of halogens is 3. The number of nitrogens with zero attached hydrogens (tertiary/aromatic N) is 2. The summed E-state index contributed by atoms with van der Waals surface area (Å²) in [7, 11) is 0. The van der Waals surface area contributed by atoms with Crippen LogP contribution in [0.15, 0.2) is 23.6 Å². The van der Waals surface area contributed by atoms with Crippen molar-refractivity contribution in [2.75, 3.05) is 5.32 Å². The van der Waals surface area contributed by atoms with Crippen molar-refractivity contribution in [2.24, 2.45) is 0 Å². The van der Waals surface area contributed by atoms with E-state index in [0.717, 1.165) is 11.4 Å². The van der Waals surface area contributed by atoms with Crippen LogP contribution in [-0.4, -0.2) is 15.8 Å². The fraction of sp³-hybridized carbons (Fsp3) is 0.167. The van der Waals surface area contributed by atoms with Gasteiger partial charge in [-0.2, -0.15) is 13.2 Å². The SMILES string of the molecule is Cc1cc(C(=O)Nc2nc(C(F)(F)F)cs2)ccc1[N+](=O)[O-]. The van der Waals surface area contributed by atoms with E-state index in [4.69, 9.17) is 0 Å². The summed E-state index contributed by atoms with van der Waals surface area (Å²) in [6.07, 6.45) is -4.58. The molecule has 1 N–H and O–H groups in total. The molecule has 0 atom stereocenters. The Labute approximate surface area is 125 Å². The summed E-state index contributed by atoms with van der Waals surface area (Å²) in [6, 6.07) is 3.66. The molecule has 10 heteroatoms. The lowest BCUT2D eigenvalue weighted by atomic mass is 10.1. The largest absolute Gasteiger partial charge is 0.434 e. The number of alkyl halides is 3. The molecule has 0 saturated heterocycles. The molecular weight excluding hydrogens is 323 g/mol. The monoisotopic (exact) mass is 331 g/mol. The maximum Gasteiger partial charge on any atom is 0.434 e. The number of thiazole rings is 1. The van der Waals surface area contributed by atoms with Crippen LogP contribution in [0.5, 0.6) is 0 Å². The fourth-order valence-corrected chi connectivity index (χ4v) is 2.34. The lowest BCUT2D eigenvalue weighted by Crippen LogP contribution is -2.13. The highest BCUT2D eigenvalue weighted by Gasteiger charge is 2.33. The Bertz CT molecular complexity index is 743.